The van der Waals surface area contributed by atoms with Crippen molar-refractivity contribution in [2.75, 3.05) is 6.61 Å². The molecule has 0 N–H and O–H groups in total. The number of hydrogen-bond acceptors (Lipinski definition) is 2. The molecule has 0 heterocycles. The van der Waals surface area contributed by atoms with Crippen LogP contribution in [0.25, 0.3) is 0 Å². The summed E-state index contributed by atoms with van der Waals surface area (Å²) in [6, 6.07) is 0. The maximum absolute atomic E-state index is 10.4. The molecule has 0 atom stereocenters. The Kier molecular flexibility index (Phi) is 4.56. The molecule has 0 rings (SSSR count). The first-order valence-electron chi connectivity index (χ1n) is 2.85. The molecular weight excluding hydrogens is 116 g/mol. The van der Waals surface area contributed by atoms with E-state index in [1.54, 1.807) is 19.9 Å². The van der Waals surface area contributed by atoms with Crippen molar-refractivity contribution in [3.63, 3.8) is 0 Å². The van der Waals surface area contributed by atoms with Gasteiger partial charge in [0.25, 0.3) is 0 Å². The largest absolute Gasteiger partial charge is 0.462 e. The van der Waals surface area contributed by atoms with Crippen LogP contribution in [-0.4, -0.2) is 12.6 Å². The summed E-state index contributed by atoms with van der Waals surface area (Å²) in [7, 11) is 0. The summed E-state index contributed by atoms with van der Waals surface area (Å²) in [5, 5.41) is 0. The smallest absolute Gasteiger partial charge is 0.338 e. The molecule has 0 amide bonds. The van der Waals surface area contributed by atoms with E-state index in [2.05, 4.69) is 10.5 Å². The Hall–Kier alpha value is -1.01. The van der Waals surface area contributed by atoms with E-state index in [4.69, 9.17) is 0 Å². The molecule has 0 radical (unpaired) electrons. The predicted molar refractivity (Wildman–Crippen MR) is 35.0 cm³/mol. The van der Waals surface area contributed by atoms with Crippen molar-refractivity contribution in [1.29, 1.82) is 0 Å². The van der Waals surface area contributed by atoms with Gasteiger partial charge in [-0.2, -0.15) is 0 Å². The van der Waals surface area contributed by atoms with E-state index in [-0.39, 0.29) is 5.97 Å². The summed E-state index contributed by atoms with van der Waals surface area (Å²) < 4.78 is 4.57. The van der Waals surface area contributed by atoms with Crippen LogP contribution in [0.3, 0.4) is 0 Å². The van der Waals surface area contributed by atoms with Crippen molar-refractivity contribution in [1.82, 2.24) is 0 Å². The van der Waals surface area contributed by atoms with E-state index < -0.39 is 0 Å². The molecule has 0 saturated heterocycles. The lowest BCUT2D eigenvalue weighted by Gasteiger charge is -1.90. The van der Waals surface area contributed by atoms with Gasteiger partial charge in [0, 0.05) is 0 Å². The summed E-state index contributed by atoms with van der Waals surface area (Å²) in [6.07, 6.45) is 2.92. The van der Waals surface area contributed by atoms with Gasteiger partial charge in [0.2, 0.25) is 0 Å². The Morgan fingerprint density at radius 3 is 2.89 bits per heavy atom. The molecule has 50 valence electrons. The third kappa shape index (κ3) is 4.85. The Bertz CT molecular complexity index is 141. The number of esters is 1. The molecule has 0 saturated carbocycles. The van der Waals surface area contributed by atoms with Crippen molar-refractivity contribution in [2.24, 2.45) is 0 Å². The minimum Gasteiger partial charge on any atom is -0.462 e. The molecule has 2 heteroatoms. The van der Waals surface area contributed by atoms with Crippen LogP contribution in [0, 0.1) is 0 Å². The molecule has 0 fully saturated rings. The molecule has 9 heavy (non-hydrogen) atoms. The topological polar surface area (TPSA) is 26.3 Å². The minimum atomic E-state index is -0.337. The predicted octanol–water partition coefficient (Wildman–Crippen LogP) is 1.28. The summed E-state index contributed by atoms with van der Waals surface area (Å²) in [4.78, 5) is 10.4. The van der Waals surface area contributed by atoms with Crippen molar-refractivity contribution in [3.8, 4) is 0 Å². The Labute approximate surface area is 54.8 Å². The molecule has 2 nitrogen and oxygen atoms in total. The lowest BCUT2D eigenvalue weighted by atomic mass is 10.5. The van der Waals surface area contributed by atoms with Gasteiger partial charge < -0.3 is 4.74 Å². The highest BCUT2D eigenvalue weighted by atomic mass is 16.5. The van der Waals surface area contributed by atoms with Crippen LogP contribution in [0.5, 0.6) is 0 Å². The number of carbonyl (C=O) groups excluding carboxylic acids is 1. The standard InChI is InChI=1S/C7H10O2/c1-3-5-6-7(8)9-4-2/h3,6H,4H2,1-2H3. The van der Waals surface area contributed by atoms with E-state index in [9.17, 15) is 4.79 Å². The molecular formula is C7H10O2. The zero-order valence-electron chi connectivity index (χ0n) is 5.68. The quantitative estimate of drug-likeness (QED) is 0.316. The zero-order valence-corrected chi connectivity index (χ0v) is 5.68. The number of carbonyl (C=O) groups is 1. The maximum atomic E-state index is 10.4. The summed E-state index contributed by atoms with van der Waals surface area (Å²) in [6.45, 7) is 3.97. The van der Waals surface area contributed by atoms with E-state index in [0.717, 1.165) is 0 Å². The van der Waals surface area contributed by atoms with Gasteiger partial charge in [0.15, 0.2) is 0 Å². The monoisotopic (exact) mass is 126 g/mol. The normalized spacial score (nSPS) is 7.33. The second-order valence-corrected chi connectivity index (χ2v) is 1.35. The minimum absolute atomic E-state index is 0.337. The molecule has 0 aromatic heterocycles. The number of hydrogen-bond donors (Lipinski definition) is 0. The molecule has 0 aromatic rings. The van der Waals surface area contributed by atoms with Gasteiger partial charge in [-0.1, -0.05) is 0 Å². The Balaban J connectivity index is 3.63. The van der Waals surface area contributed by atoms with Crippen molar-refractivity contribution in [2.45, 2.75) is 13.8 Å². The average molecular weight is 126 g/mol. The van der Waals surface area contributed by atoms with Gasteiger partial charge in [-0.25, -0.2) is 4.79 Å². The van der Waals surface area contributed by atoms with E-state index in [1.807, 2.05) is 0 Å². The number of rotatable bonds is 2. The van der Waals surface area contributed by atoms with Crippen molar-refractivity contribution in [3.05, 3.63) is 17.9 Å². The van der Waals surface area contributed by atoms with E-state index >= 15 is 0 Å². The van der Waals surface area contributed by atoms with Crippen LogP contribution in [0.4, 0.5) is 0 Å². The molecule has 0 bridgehead atoms. The summed E-state index contributed by atoms with van der Waals surface area (Å²) >= 11 is 0. The Morgan fingerprint density at radius 2 is 2.44 bits per heavy atom. The fraction of sp³-hybridized carbons (Fsp3) is 0.429. The van der Waals surface area contributed by atoms with Gasteiger partial charge >= 0.3 is 5.97 Å². The van der Waals surface area contributed by atoms with Crippen molar-refractivity contribution < 1.29 is 9.53 Å². The first-order chi connectivity index (χ1) is 4.31. The molecule has 0 aromatic carbocycles. The lowest BCUT2D eigenvalue weighted by molar-refractivity contribution is -0.137. The second-order valence-electron chi connectivity index (χ2n) is 1.35. The molecule has 0 aliphatic carbocycles. The Morgan fingerprint density at radius 1 is 1.78 bits per heavy atom. The van der Waals surface area contributed by atoms with Crippen LogP contribution in [0.2, 0.25) is 0 Å². The fourth-order valence-electron chi connectivity index (χ4n) is 0.335. The zero-order chi connectivity index (χ0) is 7.11. The SMILES string of the molecule is CC=C=CC(=O)OCC. The van der Waals surface area contributed by atoms with E-state index in [0.29, 0.717) is 6.61 Å². The van der Waals surface area contributed by atoms with Crippen LogP contribution in [0.15, 0.2) is 17.9 Å². The number of ether oxygens (including phenoxy) is 1. The van der Waals surface area contributed by atoms with Gasteiger partial charge in [-0.3, -0.25) is 0 Å². The highest BCUT2D eigenvalue weighted by molar-refractivity contribution is 5.81. The first-order valence-corrected chi connectivity index (χ1v) is 2.85. The van der Waals surface area contributed by atoms with E-state index in [1.165, 1.54) is 6.08 Å². The summed E-state index contributed by atoms with van der Waals surface area (Å²) in [5.74, 6) is -0.337. The van der Waals surface area contributed by atoms with Gasteiger partial charge in [-0.05, 0) is 19.9 Å². The van der Waals surface area contributed by atoms with Gasteiger partial charge in [-0.15, -0.1) is 5.73 Å². The van der Waals surface area contributed by atoms with Crippen LogP contribution >= 0.6 is 0 Å². The molecule has 0 aliphatic rings. The molecule has 0 spiro atoms. The molecule has 0 unspecified atom stereocenters. The van der Waals surface area contributed by atoms with Gasteiger partial charge in [0.05, 0.1) is 12.7 Å². The third-order valence-corrected chi connectivity index (χ3v) is 0.654. The first kappa shape index (κ1) is 7.99. The highest BCUT2D eigenvalue weighted by Crippen LogP contribution is 1.77. The third-order valence-electron chi connectivity index (χ3n) is 0.654. The van der Waals surface area contributed by atoms with Gasteiger partial charge in [0.1, 0.15) is 0 Å². The van der Waals surface area contributed by atoms with Crippen molar-refractivity contribution >= 4 is 5.97 Å². The maximum Gasteiger partial charge on any atom is 0.338 e. The van der Waals surface area contributed by atoms with Crippen LogP contribution < -0.4 is 0 Å². The molecule has 0 aliphatic heterocycles. The average Bonchev–Trinajstić information content (AvgIpc) is 1.85. The van der Waals surface area contributed by atoms with Crippen LogP contribution in [-0.2, 0) is 9.53 Å². The summed E-state index contributed by atoms with van der Waals surface area (Å²) in [5.41, 5.74) is 2.61. The fourth-order valence-corrected chi connectivity index (χ4v) is 0.335. The highest BCUT2D eigenvalue weighted by Gasteiger charge is 1.88. The van der Waals surface area contributed by atoms with Crippen LogP contribution in [0.1, 0.15) is 13.8 Å². The lowest BCUT2D eigenvalue weighted by Crippen LogP contribution is -1.97. The second kappa shape index (κ2) is 5.13.